The molecule has 7 heteroatoms. The molecule has 27 heavy (non-hydrogen) atoms. The third-order valence-corrected chi connectivity index (χ3v) is 7.00. The molecule has 0 unspecified atom stereocenters. The van der Waals surface area contributed by atoms with Crippen molar-refractivity contribution in [3.63, 3.8) is 0 Å². The van der Waals surface area contributed by atoms with E-state index in [0.717, 1.165) is 25.7 Å². The molecular formula is C20H24N2O4S. The van der Waals surface area contributed by atoms with Crippen molar-refractivity contribution in [2.45, 2.75) is 31.4 Å². The van der Waals surface area contributed by atoms with E-state index in [4.69, 9.17) is 0 Å². The van der Waals surface area contributed by atoms with Crippen LogP contribution in [0.25, 0.3) is 0 Å². The first kappa shape index (κ1) is 19.5. The molecule has 0 amide bonds. The predicted octanol–water partition coefficient (Wildman–Crippen LogP) is 3.77. The average molecular weight is 388 g/mol. The molecule has 1 fully saturated rings. The zero-order valence-electron chi connectivity index (χ0n) is 15.2. The Kier molecular flexibility index (Phi) is 6.23. The number of sulfonamides is 1. The summed E-state index contributed by atoms with van der Waals surface area (Å²) in [7, 11) is -3.40. The van der Waals surface area contributed by atoms with Gasteiger partial charge in [0.25, 0.3) is 5.69 Å². The highest BCUT2D eigenvalue weighted by Crippen LogP contribution is 2.25. The quantitative estimate of drug-likeness (QED) is 0.534. The fourth-order valence-electron chi connectivity index (χ4n) is 3.51. The fourth-order valence-corrected chi connectivity index (χ4v) is 5.07. The Morgan fingerprint density at radius 1 is 0.963 bits per heavy atom. The largest absolute Gasteiger partial charge is 0.269 e. The lowest BCUT2D eigenvalue weighted by atomic mass is 9.91. The third-order valence-electron chi connectivity index (χ3n) is 5.15. The van der Waals surface area contributed by atoms with Crippen molar-refractivity contribution < 1.29 is 13.3 Å². The van der Waals surface area contributed by atoms with Crippen LogP contribution in [0.4, 0.5) is 5.69 Å². The lowest BCUT2D eigenvalue weighted by Gasteiger charge is -2.31. The van der Waals surface area contributed by atoms with Crippen LogP contribution >= 0.6 is 0 Å². The summed E-state index contributed by atoms with van der Waals surface area (Å²) < 4.78 is 26.9. The van der Waals surface area contributed by atoms with Crippen molar-refractivity contribution in [2.75, 3.05) is 13.1 Å². The van der Waals surface area contributed by atoms with Gasteiger partial charge in [-0.05, 0) is 42.7 Å². The molecule has 144 valence electrons. The smallest absolute Gasteiger partial charge is 0.258 e. The summed E-state index contributed by atoms with van der Waals surface area (Å²) in [5.74, 6) is 0.440. The minimum atomic E-state index is -3.40. The van der Waals surface area contributed by atoms with Crippen molar-refractivity contribution in [3.05, 3.63) is 75.8 Å². The van der Waals surface area contributed by atoms with E-state index in [9.17, 15) is 18.5 Å². The number of hydrogen-bond acceptors (Lipinski definition) is 4. The van der Waals surface area contributed by atoms with Crippen molar-refractivity contribution in [1.29, 1.82) is 0 Å². The van der Waals surface area contributed by atoms with Gasteiger partial charge in [-0.25, -0.2) is 12.7 Å². The molecule has 0 aliphatic carbocycles. The molecule has 1 aliphatic heterocycles. The summed E-state index contributed by atoms with van der Waals surface area (Å²) in [5, 5.41) is 10.7. The molecule has 0 saturated carbocycles. The Hall–Kier alpha value is -2.25. The van der Waals surface area contributed by atoms with E-state index in [0.29, 0.717) is 24.6 Å². The topological polar surface area (TPSA) is 80.5 Å². The van der Waals surface area contributed by atoms with Gasteiger partial charge in [0.2, 0.25) is 10.0 Å². The summed E-state index contributed by atoms with van der Waals surface area (Å²) in [4.78, 5) is 10.2. The molecule has 3 rings (SSSR count). The Labute approximate surface area is 160 Å². The fraction of sp³-hybridized carbons (Fsp3) is 0.400. The van der Waals surface area contributed by atoms with E-state index in [2.05, 4.69) is 12.1 Å². The van der Waals surface area contributed by atoms with Gasteiger partial charge >= 0.3 is 0 Å². The predicted molar refractivity (Wildman–Crippen MR) is 105 cm³/mol. The van der Waals surface area contributed by atoms with Crippen LogP contribution in [-0.2, 0) is 22.2 Å². The van der Waals surface area contributed by atoms with Crippen molar-refractivity contribution in [1.82, 2.24) is 4.31 Å². The van der Waals surface area contributed by atoms with Crippen LogP contribution in [0, 0.1) is 16.0 Å². The molecule has 1 heterocycles. The molecule has 0 atom stereocenters. The first-order valence-corrected chi connectivity index (χ1v) is 10.8. The van der Waals surface area contributed by atoms with Gasteiger partial charge in [-0.2, -0.15) is 0 Å². The number of nitro groups is 1. The monoisotopic (exact) mass is 388 g/mol. The number of hydrogen-bond donors (Lipinski definition) is 0. The van der Waals surface area contributed by atoms with Gasteiger partial charge in [-0.1, -0.05) is 42.5 Å². The van der Waals surface area contributed by atoms with Crippen LogP contribution in [0.2, 0.25) is 0 Å². The summed E-state index contributed by atoms with van der Waals surface area (Å²) >= 11 is 0. The minimum Gasteiger partial charge on any atom is -0.258 e. The lowest BCUT2D eigenvalue weighted by molar-refractivity contribution is -0.384. The van der Waals surface area contributed by atoms with E-state index in [1.165, 1.54) is 29.8 Å². The molecule has 0 aromatic heterocycles. The average Bonchev–Trinajstić information content (AvgIpc) is 2.67. The van der Waals surface area contributed by atoms with Crippen LogP contribution in [0.15, 0.2) is 54.6 Å². The number of aryl methyl sites for hydroxylation is 1. The van der Waals surface area contributed by atoms with E-state index in [-0.39, 0.29) is 11.4 Å². The second-order valence-electron chi connectivity index (χ2n) is 7.05. The number of non-ortho nitro benzene ring substituents is 1. The lowest BCUT2D eigenvalue weighted by Crippen LogP contribution is -2.39. The molecular weight excluding hydrogens is 364 g/mol. The molecule has 2 aromatic rings. The van der Waals surface area contributed by atoms with Gasteiger partial charge in [0.15, 0.2) is 0 Å². The van der Waals surface area contributed by atoms with Crippen LogP contribution in [-0.4, -0.2) is 30.7 Å². The first-order valence-electron chi connectivity index (χ1n) is 9.19. The number of benzene rings is 2. The highest BCUT2D eigenvalue weighted by Gasteiger charge is 2.28. The maximum atomic E-state index is 12.7. The van der Waals surface area contributed by atoms with Gasteiger partial charge in [0, 0.05) is 25.2 Å². The van der Waals surface area contributed by atoms with Gasteiger partial charge in [-0.3, -0.25) is 10.1 Å². The molecule has 2 aromatic carbocycles. The van der Waals surface area contributed by atoms with Gasteiger partial charge in [0.05, 0.1) is 10.7 Å². The minimum absolute atomic E-state index is 0.0321. The van der Waals surface area contributed by atoms with E-state index >= 15 is 0 Å². The standard InChI is InChI=1S/C20H24N2O4S/c23-22(24)20-10-8-19(9-11-20)16-27(25,26)21-14-12-18(13-15-21)7-6-17-4-2-1-3-5-17/h1-5,8-11,18H,6-7,12-16H2. The van der Waals surface area contributed by atoms with Crippen LogP contribution in [0.1, 0.15) is 30.4 Å². The van der Waals surface area contributed by atoms with E-state index in [1.807, 2.05) is 18.2 Å². The van der Waals surface area contributed by atoms with Crippen LogP contribution < -0.4 is 0 Å². The summed E-state index contributed by atoms with van der Waals surface area (Å²) in [6.45, 7) is 1.10. The van der Waals surface area contributed by atoms with Crippen LogP contribution in [0.5, 0.6) is 0 Å². The Balaban J connectivity index is 1.51. The maximum Gasteiger partial charge on any atom is 0.269 e. The Bertz CT molecular complexity index is 859. The van der Waals surface area contributed by atoms with Gasteiger partial charge < -0.3 is 0 Å². The second-order valence-corrected chi connectivity index (χ2v) is 9.02. The molecule has 0 radical (unpaired) electrons. The molecule has 0 bridgehead atoms. The van der Waals surface area contributed by atoms with Crippen molar-refractivity contribution in [3.8, 4) is 0 Å². The van der Waals surface area contributed by atoms with Gasteiger partial charge in [-0.15, -0.1) is 0 Å². The number of rotatable bonds is 7. The van der Waals surface area contributed by atoms with E-state index < -0.39 is 14.9 Å². The third kappa shape index (κ3) is 5.37. The number of nitrogens with zero attached hydrogens (tertiary/aromatic N) is 2. The summed E-state index contributed by atoms with van der Waals surface area (Å²) in [5.41, 5.74) is 1.87. The summed E-state index contributed by atoms with van der Waals surface area (Å²) in [6, 6.07) is 16.1. The normalized spacial score (nSPS) is 16.3. The molecule has 1 saturated heterocycles. The zero-order chi connectivity index (χ0) is 19.3. The summed E-state index contributed by atoms with van der Waals surface area (Å²) in [6.07, 6.45) is 3.87. The molecule has 6 nitrogen and oxygen atoms in total. The Morgan fingerprint density at radius 2 is 1.59 bits per heavy atom. The molecule has 1 aliphatic rings. The number of nitro benzene ring substituents is 1. The highest BCUT2D eigenvalue weighted by molar-refractivity contribution is 7.88. The Morgan fingerprint density at radius 3 is 2.19 bits per heavy atom. The SMILES string of the molecule is O=[N+]([O-])c1ccc(CS(=O)(=O)N2CCC(CCc3ccccc3)CC2)cc1. The van der Waals surface area contributed by atoms with E-state index in [1.54, 1.807) is 4.31 Å². The molecule has 0 spiro atoms. The maximum absolute atomic E-state index is 12.7. The highest BCUT2D eigenvalue weighted by atomic mass is 32.2. The zero-order valence-corrected chi connectivity index (χ0v) is 16.0. The van der Waals surface area contributed by atoms with Crippen LogP contribution in [0.3, 0.4) is 0 Å². The van der Waals surface area contributed by atoms with Crippen molar-refractivity contribution in [2.24, 2.45) is 5.92 Å². The van der Waals surface area contributed by atoms with Crippen molar-refractivity contribution >= 4 is 15.7 Å². The number of piperidine rings is 1. The second kappa shape index (κ2) is 8.63. The first-order chi connectivity index (χ1) is 12.9. The van der Waals surface area contributed by atoms with Gasteiger partial charge in [0.1, 0.15) is 0 Å². The molecule has 0 N–H and O–H groups in total.